The number of sulfonamides is 1. The maximum atomic E-state index is 12.3. The van der Waals surface area contributed by atoms with E-state index in [4.69, 9.17) is 0 Å². The molecular weight excluding hydrogens is 302 g/mol. The van der Waals surface area contributed by atoms with E-state index in [0.29, 0.717) is 0 Å². The second kappa shape index (κ2) is 5.30. The Morgan fingerprint density at radius 1 is 1.40 bits per heavy atom. The zero-order valence-corrected chi connectivity index (χ0v) is 12.9. The second-order valence-corrected chi connectivity index (χ2v) is 8.12. The number of hydrogen-bond acceptors (Lipinski definition) is 6. The lowest BCUT2D eigenvalue weighted by atomic mass is 10.0. The first-order chi connectivity index (χ1) is 9.27. The molecule has 1 aromatic heterocycles. The molecular formula is C11H17N3O4S2. The van der Waals surface area contributed by atoms with Crippen molar-refractivity contribution in [2.75, 3.05) is 12.4 Å². The van der Waals surface area contributed by atoms with Gasteiger partial charge in [0.1, 0.15) is 4.21 Å². The minimum absolute atomic E-state index is 0.0262. The summed E-state index contributed by atoms with van der Waals surface area (Å²) in [6.07, 6.45) is 3.56. The van der Waals surface area contributed by atoms with Crippen molar-refractivity contribution in [2.24, 2.45) is 0 Å². The number of nitrogens with one attached hydrogen (secondary N) is 2. The van der Waals surface area contributed by atoms with E-state index in [-0.39, 0.29) is 14.9 Å². The second-order valence-electron chi connectivity index (χ2n) is 5.16. The summed E-state index contributed by atoms with van der Waals surface area (Å²) in [6.45, 7) is 1.87. The largest absolute Gasteiger partial charge is 0.374 e. The van der Waals surface area contributed by atoms with Gasteiger partial charge in [0.25, 0.3) is 10.0 Å². The maximum absolute atomic E-state index is 12.3. The summed E-state index contributed by atoms with van der Waals surface area (Å²) in [7, 11) is -2.19. The molecule has 0 atom stereocenters. The van der Waals surface area contributed by atoms with Gasteiger partial charge in [0.05, 0.1) is 4.92 Å². The Labute approximate surface area is 121 Å². The summed E-state index contributed by atoms with van der Waals surface area (Å²) in [5, 5.41) is 13.8. The van der Waals surface area contributed by atoms with Gasteiger partial charge in [-0.3, -0.25) is 10.1 Å². The predicted molar refractivity (Wildman–Crippen MR) is 77.7 cm³/mol. The van der Waals surface area contributed by atoms with Gasteiger partial charge in [-0.15, -0.1) is 0 Å². The number of thiophene rings is 1. The molecule has 2 N–H and O–H groups in total. The number of hydrogen-bond donors (Lipinski definition) is 2. The molecule has 0 aromatic carbocycles. The summed E-state index contributed by atoms with van der Waals surface area (Å²) in [5.41, 5.74) is -0.660. The molecule has 9 heteroatoms. The highest BCUT2D eigenvalue weighted by Crippen LogP contribution is 2.38. The molecule has 0 radical (unpaired) electrons. The molecule has 0 unspecified atom stereocenters. The van der Waals surface area contributed by atoms with E-state index >= 15 is 0 Å². The van der Waals surface area contributed by atoms with Gasteiger partial charge >= 0.3 is 5.69 Å². The molecule has 0 aliphatic heterocycles. The minimum Gasteiger partial charge on any atom is -0.374 e. The highest BCUT2D eigenvalue weighted by molar-refractivity contribution is 7.91. The van der Waals surface area contributed by atoms with Gasteiger partial charge in [0.15, 0.2) is 5.00 Å². The van der Waals surface area contributed by atoms with Crippen molar-refractivity contribution in [3.8, 4) is 0 Å². The van der Waals surface area contributed by atoms with E-state index in [0.717, 1.165) is 43.1 Å². The monoisotopic (exact) mass is 319 g/mol. The number of rotatable bonds is 5. The summed E-state index contributed by atoms with van der Waals surface area (Å²) in [4.78, 5) is 10.3. The lowest BCUT2D eigenvalue weighted by Gasteiger charge is -2.24. The molecule has 1 heterocycles. The predicted octanol–water partition coefficient (Wildman–Crippen LogP) is 2.31. The first-order valence-corrected chi connectivity index (χ1v) is 8.57. The molecule has 1 saturated carbocycles. The summed E-state index contributed by atoms with van der Waals surface area (Å²) in [6, 6.07) is 1.11. The average molecular weight is 319 g/mol. The highest BCUT2D eigenvalue weighted by Gasteiger charge is 2.35. The van der Waals surface area contributed by atoms with Crippen molar-refractivity contribution in [3.05, 3.63) is 16.2 Å². The first-order valence-electron chi connectivity index (χ1n) is 6.27. The molecule has 1 aliphatic carbocycles. The van der Waals surface area contributed by atoms with E-state index in [1.54, 1.807) is 0 Å². The van der Waals surface area contributed by atoms with E-state index < -0.39 is 20.5 Å². The van der Waals surface area contributed by atoms with Crippen LogP contribution in [0.2, 0.25) is 0 Å². The topological polar surface area (TPSA) is 101 Å². The van der Waals surface area contributed by atoms with Crippen LogP contribution in [0.4, 0.5) is 10.7 Å². The fourth-order valence-corrected chi connectivity index (χ4v) is 5.18. The van der Waals surface area contributed by atoms with Gasteiger partial charge in [-0.2, -0.15) is 0 Å². The molecule has 0 amide bonds. The molecule has 0 saturated heterocycles. The molecule has 0 spiro atoms. The smallest absolute Gasteiger partial charge is 0.304 e. The summed E-state index contributed by atoms with van der Waals surface area (Å²) < 4.78 is 27.4. The van der Waals surface area contributed by atoms with Gasteiger partial charge in [-0.25, -0.2) is 13.1 Å². The van der Waals surface area contributed by atoms with Crippen LogP contribution in [0, 0.1) is 10.1 Å². The maximum Gasteiger partial charge on any atom is 0.304 e. The fraction of sp³-hybridized carbons (Fsp3) is 0.636. The minimum atomic E-state index is -3.72. The van der Waals surface area contributed by atoms with Crippen LogP contribution in [-0.2, 0) is 10.0 Å². The zero-order chi connectivity index (χ0) is 15.0. The van der Waals surface area contributed by atoms with Gasteiger partial charge in [-0.1, -0.05) is 24.2 Å². The third-order valence-corrected chi connectivity index (χ3v) is 6.72. The van der Waals surface area contributed by atoms with Crippen LogP contribution in [-0.4, -0.2) is 25.9 Å². The normalized spacial score (nSPS) is 18.1. The number of nitrogens with zero attached hydrogens (tertiary/aromatic N) is 1. The number of anilines is 1. The van der Waals surface area contributed by atoms with Crippen LogP contribution in [0.15, 0.2) is 10.3 Å². The summed E-state index contributed by atoms with van der Waals surface area (Å²) >= 11 is 0.874. The zero-order valence-electron chi connectivity index (χ0n) is 11.3. The third-order valence-electron chi connectivity index (χ3n) is 3.47. The first kappa shape index (κ1) is 15.2. The van der Waals surface area contributed by atoms with Gasteiger partial charge in [-0.05, 0) is 19.8 Å². The van der Waals surface area contributed by atoms with Crippen molar-refractivity contribution in [1.29, 1.82) is 0 Å². The average Bonchev–Trinajstić information content (AvgIpc) is 2.94. The molecule has 1 aromatic rings. The van der Waals surface area contributed by atoms with Crippen LogP contribution >= 0.6 is 11.3 Å². The van der Waals surface area contributed by atoms with Crippen molar-refractivity contribution < 1.29 is 13.3 Å². The lowest BCUT2D eigenvalue weighted by molar-refractivity contribution is -0.383. The van der Waals surface area contributed by atoms with Gasteiger partial charge in [0.2, 0.25) is 0 Å². The van der Waals surface area contributed by atoms with Crippen LogP contribution in [0.1, 0.15) is 32.6 Å². The molecule has 1 aliphatic rings. The SMILES string of the molecule is CNc1sc(S(=O)(=O)NC2(C)CCCC2)cc1[N+](=O)[O-]. The van der Waals surface area contributed by atoms with E-state index in [2.05, 4.69) is 10.0 Å². The Morgan fingerprint density at radius 2 is 2.00 bits per heavy atom. The van der Waals surface area contributed by atoms with Crippen molar-refractivity contribution in [3.63, 3.8) is 0 Å². The van der Waals surface area contributed by atoms with E-state index in [1.807, 2.05) is 6.92 Å². The van der Waals surface area contributed by atoms with Crippen LogP contribution in [0.3, 0.4) is 0 Å². The van der Waals surface area contributed by atoms with E-state index in [1.165, 1.54) is 7.05 Å². The van der Waals surface area contributed by atoms with Crippen molar-refractivity contribution in [2.45, 2.75) is 42.4 Å². The molecule has 112 valence electrons. The Kier molecular flexibility index (Phi) is 4.03. The van der Waals surface area contributed by atoms with Gasteiger partial charge < -0.3 is 5.32 Å². The van der Waals surface area contributed by atoms with Crippen LogP contribution < -0.4 is 10.0 Å². The standard InChI is InChI=1S/C11H17N3O4S2/c1-11(5-3-4-6-11)13-20(17,18)9-7-8(14(15)16)10(12-2)19-9/h7,12-13H,3-6H2,1-2H3. The third kappa shape index (κ3) is 2.94. The lowest BCUT2D eigenvalue weighted by Crippen LogP contribution is -2.43. The molecule has 7 nitrogen and oxygen atoms in total. The Hall–Kier alpha value is -1.19. The Morgan fingerprint density at radius 3 is 2.45 bits per heavy atom. The molecule has 0 bridgehead atoms. The molecule has 1 fully saturated rings. The quantitative estimate of drug-likeness (QED) is 0.640. The van der Waals surface area contributed by atoms with Crippen molar-refractivity contribution in [1.82, 2.24) is 4.72 Å². The Bertz CT molecular complexity index is 618. The number of nitro groups is 1. The fourth-order valence-electron chi connectivity index (χ4n) is 2.44. The molecule has 2 rings (SSSR count). The van der Waals surface area contributed by atoms with Crippen LogP contribution in [0.25, 0.3) is 0 Å². The highest BCUT2D eigenvalue weighted by atomic mass is 32.2. The summed E-state index contributed by atoms with van der Waals surface area (Å²) in [5.74, 6) is 0. The Balaban J connectivity index is 2.32. The van der Waals surface area contributed by atoms with Crippen LogP contribution in [0.5, 0.6) is 0 Å². The van der Waals surface area contributed by atoms with E-state index in [9.17, 15) is 18.5 Å². The van der Waals surface area contributed by atoms with Crippen molar-refractivity contribution >= 4 is 32.0 Å². The van der Waals surface area contributed by atoms with Gasteiger partial charge in [0, 0.05) is 18.7 Å². The molecule has 20 heavy (non-hydrogen) atoms.